The molecular weight excluding hydrogens is 497 g/mol. The van der Waals surface area contributed by atoms with E-state index in [1.165, 1.54) is 23.3 Å². The average molecular weight is 515 g/mol. The maximum absolute atomic E-state index is 10.2. The van der Waals surface area contributed by atoms with Crippen LogP contribution in [0.5, 0.6) is 11.5 Å². The molecule has 4 rings (SSSR count). The fourth-order valence-corrected chi connectivity index (χ4v) is 3.73. The molecule has 4 atom stereocenters. The number of anilines is 1. The Morgan fingerprint density at radius 2 is 1.93 bits per heavy atom. The van der Waals surface area contributed by atoms with Gasteiger partial charge in [0.05, 0.1) is 22.1 Å². The fourth-order valence-electron chi connectivity index (χ4n) is 3.22. The summed E-state index contributed by atoms with van der Waals surface area (Å²) in [7, 11) is 0. The number of phenolic OH excluding ortho intramolecular Hbond substituents is 2. The minimum atomic E-state index is -1.27. The topological polar surface area (TPSA) is 166 Å². The number of nitrogens with zero attached hydrogens (tertiary/aromatic N) is 4. The van der Waals surface area contributed by atoms with E-state index in [0.717, 1.165) is 0 Å². The van der Waals surface area contributed by atoms with Crippen molar-refractivity contribution in [2.24, 2.45) is 0 Å². The van der Waals surface area contributed by atoms with Gasteiger partial charge in [-0.2, -0.15) is 0 Å². The smallest absolute Gasteiger partial charge is 0.167 e. The Labute approximate surface area is 177 Å². The number of aliphatic hydroxyl groups is 3. The summed E-state index contributed by atoms with van der Waals surface area (Å²) in [5, 5.41) is 52.7. The maximum Gasteiger partial charge on any atom is 0.167 e. The minimum absolute atomic E-state index is 0.0274. The zero-order valence-corrected chi connectivity index (χ0v) is 17.0. The zero-order chi connectivity index (χ0) is 20.7. The van der Waals surface area contributed by atoms with Crippen LogP contribution in [-0.4, -0.2) is 70.0 Å². The van der Waals surface area contributed by atoms with Crippen molar-refractivity contribution in [3.05, 3.63) is 33.9 Å². The van der Waals surface area contributed by atoms with Crippen LogP contribution in [0.3, 0.4) is 0 Å². The van der Waals surface area contributed by atoms with Crippen LogP contribution < -0.4 is 5.32 Å². The molecule has 29 heavy (non-hydrogen) atoms. The van der Waals surface area contributed by atoms with Gasteiger partial charge >= 0.3 is 0 Å². The van der Waals surface area contributed by atoms with Gasteiger partial charge in [-0.1, -0.05) is 0 Å². The second-order valence-electron chi connectivity index (χ2n) is 6.52. The first-order chi connectivity index (χ1) is 13.9. The van der Waals surface area contributed by atoms with Crippen LogP contribution in [0.25, 0.3) is 11.2 Å². The molecule has 0 saturated carbocycles. The number of aromatic hydroxyl groups is 2. The van der Waals surface area contributed by atoms with Gasteiger partial charge in [-0.25, -0.2) is 15.0 Å². The van der Waals surface area contributed by atoms with E-state index < -0.39 is 31.1 Å². The second kappa shape index (κ2) is 7.87. The number of nitrogens with one attached hydrogen (secondary N) is 1. The fraction of sp³-hybridized carbons (Fsp3) is 0.353. The summed E-state index contributed by atoms with van der Waals surface area (Å²) < 4.78 is 7.57. The molecule has 0 amide bonds. The van der Waals surface area contributed by atoms with Gasteiger partial charge in [-0.15, -0.1) is 0 Å². The number of halogens is 1. The number of aliphatic hydroxyl groups excluding tert-OH is 3. The van der Waals surface area contributed by atoms with Crippen molar-refractivity contribution in [1.29, 1.82) is 0 Å². The Bertz CT molecular complexity index is 1050. The predicted molar refractivity (Wildman–Crippen MR) is 108 cm³/mol. The molecule has 3 heterocycles. The standard InChI is InChI=1S/C17H18IN5O6/c18-8-1-2-9(25)7(12(8)26)3-19-15-11-16(21-5-20-15)23(6-22-11)17-14(28)13(27)10(4-24)29-17/h1-2,5-6,10,13-14,17,24-28H,3-4H2,(H,19,20,21)/t10-,13-,14-,17-/m1/s1. The number of hydrogen-bond donors (Lipinski definition) is 6. The van der Waals surface area contributed by atoms with Gasteiger partial charge in [0.2, 0.25) is 0 Å². The molecular formula is C17H18IN5O6. The van der Waals surface area contributed by atoms with Gasteiger partial charge in [0, 0.05) is 6.54 Å². The van der Waals surface area contributed by atoms with Crippen LogP contribution in [0, 0.1) is 3.57 Å². The molecule has 2 aromatic heterocycles. The van der Waals surface area contributed by atoms with Gasteiger partial charge in [0.15, 0.2) is 23.2 Å². The Morgan fingerprint density at radius 3 is 2.66 bits per heavy atom. The molecule has 1 aromatic carbocycles. The first-order valence-electron chi connectivity index (χ1n) is 8.65. The molecule has 1 aliphatic heterocycles. The minimum Gasteiger partial charge on any atom is -0.507 e. The molecule has 12 heteroatoms. The second-order valence-corrected chi connectivity index (χ2v) is 7.68. The number of fused-ring (bicyclic) bond motifs is 1. The van der Waals surface area contributed by atoms with E-state index in [2.05, 4.69) is 20.3 Å². The van der Waals surface area contributed by atoms with Gasteiger partial charge in [-0.05, 0) is 34.7 Å². The zero-order valence-electron chi connectivity index (χ0n) is 14.8. The number of ether oxygens (including phenoxy) is 1. The van der Waals surface area contributed by atoms with Crippen molar-refractivity contribution in [1.82, 2.24) is 19.5 Å². The number of phenols is 2. The molecule has 0 unspecified atom stereocenters. The third-order valence-corrected chi connectivity index (χ3v) is 5.66. The van der Waals surface area contributed by atoms with Crippen molar-refractivity contribution in [3.8, 4) is 11.5 Å². The van der Waals surface area contributed by atoms with Crippen LogP contribution in [0.4, 0.5) is 5.82 Å². The Kier molecular flexibility index (Phi) is 5.44. The van der Waals surface area contributed by atoms with Crippen LogP contribution in [0.2, 0.25) is 0 Å². The highest BCUT2D eigenvalue weighted by Crippen LogP contribution is 2.34. The summed E-state index contributed by atoms with van der Waals surface area (Å²) in [4.78, 5) is 12.6. The molecule has 1 saturated heterocycles. The van der Waals surface area contributed by atoms with Gasteiger partial charge in [-0.3, -0.25) is 4.57 Å². The first-order valence-corrected chi connectivity index (χ1v) is 9.73. The molecule has 11 nitrogen and oxygen atoms in total. The Morgan fingerprint density at radius 1 is 1.14 bits per heavy atom. The van der Waals surface area contributed by atoms with E-state index in [1.54, 1.807) is 6.07 Å². The van der Waals surface area contributed by atoms with Gasteiger partial charge in [0.25, 0.3) is 0 Å². The molecule has 0 spiro atoms. The molecule has 6 N–H and O–H groups in total. The van der Waals surface area contributed by atoms with Crippen LogP contribution in [0.15, 0.2) is 24.8 Å². The lowest BCUT2D eigenvalue weighted by Gasteiger charge is -2.16. The van der Waals surface area contributed by atoms with Crippen molar-refractivity contribution < 1.29 is 30.3 Å². The molecule has 0 aliphatic carbocycles. The quantitative estimate of drug-likeness (QED) is 0.256. The first kappa shape index (κ1) is 20.0. The number of imidazole rings is 1. The maximum atomic E-state index is 10.2. The summed E-state index contributed by atoms with van der Waals surface area (Å²) in [6.45, 7) is -0.354. The molecule has 0 radical (unpaired) electrons. The van der Waals surface area contributed by atoms with Crippen LogP contribution >= 0.6 is 22.6 Å². The number of hydrogen-bond acceptors (Lipinski definition) is 10. The van der Waals surface area contributed by atoms with Crippen molar-refractivity contribution in [3.63, 3.8) is 0 Å². The summed E-state index contributed by atoms with van der Waals surface area (Å²) in [6, 6.07) is 3.09. The average Bonchev–Trinajstić information content (AvgIpc) is 3.26. The molecule has 0 bridgehead atoms. The molecule has 3 aromatic rings. The third kappa shape index (κ3) is 3.46. The number of benzene rings is 1. The van der Waals surface area contributed by atoms with Gasteiger partial charge in [0.1, 0.15) is 36.1 Å². The summed E-state index contributed by atoms with van der Waals surface area (Å²) in [5.41, 5.74) is 1.02. The largest absolute Gasteiger partial charge is 0.507 e. The highest BCUT2D eigenvalue weighted by atomic mass is 127. The van der Waals surface area contributed by atoms with E-state index in [9.17, 15) is 25.5 Å². The molecule has 1 fully saturated rings. The van der Waals surface area contributed by atoms with E-state index in [0.29, 0.717) is 26.1 Å². The lowest BCUT2D eigenvalue weighted by atomic mass is 10.1. The van der Waals surface area contributed by atoms with E-state index in [1.807, 2.05) is 22.6 Å². The highest BCUT2D eigenvalue weighted by molar-refractivity contribution is 14.1. The van der Waals surface area contributed by atoms with E-state index in [4.69, 9.17) is 4.74 Å². The lowest BCUT2D eigenvalue weighted by molar-refractivity contribution is -0.0511. The van der Waals surface area contributed by atoms with Crippen LogP contribution in [-0.2, 0) is 11.3 Å². The number of rotatable bonds is 5. The Balaban J connectivity index is 1.63. The van der Waals surface area contributed by atoms with Gasteiger partial charge < -0.3 is 35.6 Å². The third-order valence-electron chi connectivity index (χ3n) is 4.79. The summed E-state index contributed by atoms with van der Waals surface area (Å²) in [6.07, 6.45) is -1.72. The van der Waals surface area contributed by atoms with Crippen molar-refractivity contribution in [2.45, 2.75) is 31.1 Å². The van der Waals surface area contributed by atoms with Crippen LogP contribution in [0.1, 0.15) is 11.8 Å². The van der Waals surface area contributed by atoms with Crippen molar-refractivity contribution in [2.75, 3.05) is 11.9 Å². The summed E-state index contributed by atoms with van der Waals surface area (Å²) in [5.74, 6) is 0.261. The SMILES string of the molecule is OC[C@H]1O[C@@H](n2cnc3c(NCc4c(O)ccc(I)c4O)ncnc32)[C@H](O)[C@@H]1O. The number of aromatic nitrogens is 4. The van der Waals surface area contributed by atoms with E-state index in [-0.39, 0.29) is 18.0 Å². The Hall–Kier alpha value is -2.26. The van der Waals surface area contributed by atoms with Crippen molar-refractivity contribution >= 4 is 39.6 Å². The highest BCUT2D eigenvalue weighted by Gasteiger charge is 2.44. The molecule has 1 aliphatic rings. The monoisotopic (exact) mass is 515 g/mol. The molecule has 154 valence electrons. The van der Waals surface area contributed by atoms with E-state index >= 15 is 0 Å². The predicted octanol–water partition coefficient (Wildman–Crippen LogP) is 0.0657. The summed E-state index contributed by atoms with van der Waals surface area (Å²) >= 11 is 1.96. The lowest BCUT2D eigenvalue weighted by Crippen LogP contribution is -2.33. The normalized spacial score (nSPS) is 24.3.